The number of benzene rings is 1. The maximum absolute atomic E-state index is 12.0. The molecular weight excluding hydrogens is 341 g/mol. The predicted octanol–water partition coefficient (Wildman–Crippen LogP) is 3.80. The molecule has 0 aliphatic carbocycles. The molecule has 1 N–H and O–H groups in total. The number of carbonyl (C=O) groups excluding carboxylic acids is 1. The number of rotatable bonds is 2. The first-order valence-electron chi connectivity index (χ1n) is 4.80. The summed E-state index contributed by atoms with van der Waals surface area (Å²) in [6.07, 6.45) is 1.27. The van der Waals surface area contributed by atoms with Crippen molar-refractivity contribution in [3.8, 4) is 0 Å². The predicted molar refractivity (Wildman–Crippen MR) is 74.1 cm³/mol. The number of amides is 1. The lowest BCUT2D eigenvalue weighted by Crippen LogP contribution is -2.13. The zero-order valence-electron chi connectivity index (χ0n) is 8.82. The molecule has 0 atom stereocenters. The Kier molecular flexibility index (Phi) is 4.16. The van der Waals surface area contributed by atoms with Gasteiger partial charge in [-0.25, -0.2) is 9.97 Å². The summed E-state index contributed by atoms with van der Waals surface area (Å²) in [7, 11) is 0. The van der Waals surface area contributed by atoms with E-state index in [1.165, 1.54) is 12.4 Å². The van der Waals surface area contributed by atoms with Crippen LogP contribution in [0.25, 0.3) is 0 Å². The summed E-state index contributed by atoms with van der Waals surface area (Å²) in [6, 6.07) is 6.35. The molecule has 0 saturated heterocycles. The van der Waals surface area contributed by atoms with Gasteiger partial charge < -0.3 is 5.32 Å². The summed E-state index contributed by atoms with van der Waals surface area (Å²) < 4.78 is 0.604. The average Bonchev–Trinajstić information content (AvgIpc) is 2.28. The molecule has 0 saturated carbocycles. The lowest BCUT2D eigenvalue weighted by molar-refractivity contribution is 0.102. The van der Waals surface area contributed by atoms with E-state index in [1.54, 1.807) is 18.2 Å². The van der Waals surface area contributed by atoms with Crippen LogP contribution in [-0.2, 0) is 0 Å². The fourth-order valence-corrected chi connectivity index (χ4v) is 2.27. The molecule has 92 valence electrons. The summed E-state index contributed by atoms with van der Waals surface area (Å²) in [5, 5.41) is 3.42. The number of hydrogen-bond donors (Lipinski definition) is 1. The SMILES string of the molecule is O=C(Nc1cc(Cl)ncn1)c1ccc(Cl)cc1Br. The van der Waals surface area contributed by atoms with Crippen LogP contribution in [0.2, 0.25) is 10.2 Å². The maximum Gasteiger partial charge on any atom is 0.257 e. The number of hydrogen-bond acceptors (Lipinski definition) is 3. The molecule has 0 aliphatic rings. The van der Waals surface area contributed by atoms with Crippen LogP contribution in [0.5, 0.6) is 0 Å². The number of halogens is 3. The number of carbonyl (C=O) groups is 1. The van der Waals surface area contributed by atoms with Crippen molar-refractivity contribution in [2.24, 2.45) is 0 Å². The molecule has 1 amide bonds. The third-order valence-electron chi connectivity index (χ3n) is 2.05. The van der Waals surface area contributed by atoms with Gasteiger partial charge in [0.05, 0.1) is 5.56 Å². The lowest BCUT2D eigenvalue weighted by Gasteiger charge is -2.06. The van der Waals surface area contributed by atoms with Crippen LogP contribution >= 0.6 is 39.1 Å². The van der Waals surface area contributed by atoms with Crippen molar-refractivity contribution in [1.82, 2.24) is 9.97 Å². The Labute approximate surface area is 121 Å². The molecule has 0 aliphatic heterocycles. The van der Waals surface area contributed by atoms with Gasteiger partial charge in [-0.05, 0) is 34.1 Å². The Balaban J connectivity index is 2.22. The Morgan fingerprint density at radius 2 is 2.00 bits per heavy atom. The van der Waals surface area contributed by atoms with Gasteiger partial charge in [-0.2, -0.15) is 0 Å². The van der Waals surface area contributed by atoms with Crippen LogP contribution < -0.4 is 5.32 Å². The van der Waals surface area contributed by atoms with Crippen molar-refractivity contribution in [3.05, 3.63) is 50.8 Å². The summed E-state index contributed by atoms with van der Waals surface area (Å²) in [6.45, 7) is 0. The van der Waals surface area contributed by atoms with Crippen LogP contribution in [-0.4, -0.2) is 15.9 Å². The van der Waals surface area contributed by atoms with Crippen molar-refractivity contribution in [1.29, 1.82) is 0 Å². The first kappa shape index (κ1) is 13.3. The van der Waals surface area contributed by atoms with Gasteiger partial charge in [-0.3, -0.25) is 4.79 Å². The van der Waals surface area contributed by atoms with Gasteiger partial charge in [0.15, 0.2) is 0 Å². The van der Waals surface area contributed by atoms with E-state index >= 15 is 0 Å². The first-order valence-corrected chi connectivity index (χ1v) is 6.35. The fraction of sp³-hybridized carbons (Fsp3) is 0. The van der Waals surface area contributed by atoms with Crippen LogP contribution in [0, 0.1) is 0 Å². The second-order valence-corrected chi connectivity index (χ2v) is 4.98. The molecule has 1 aromatic carbocycles. The van der Waals surface area contributed by atoms with E-state index in [0.717, 1.165) is 0 Å². The maximum atomic E-state index is 12.0. The molecule has 18 heavy (non-hydrogen) atoms. The molecule has 0 bridgehead atoms. The standard InChI is InChI=1S/C11H6BrCl2N3O/c12-8-3-6(13)1-2-7(8)11(18)17-10-4-9(14)15-5-16-10/h1-5H,(H,15,16,17,18). The normalized spacial score (nSPS) is 10.2. The van der Waals surface area contributed by atoms with Crippen LogP contribution in [0.15, 0.2) is 35.1 Å². The van der Waals surface area contributed by atoms with E-state index in [4.69, 9.17) is 23.2 Å². The largest absolute Gasteiger partial charge is 0.306 e. The highest BCUT2D eigenvalue weighted by Crippen LogP contribution is 2.22. The van der Waals surface area contributed by atoms with Gasteiger partial charge in [-0.1, -0.05) is 23.2 Å². The number of aromatic nitrogens is 2. The van der Waals surface area contributed by atoms with E-state index in [9.17, 15) is 4.79 Å². The summed E-state index contributed by atoms with van der Waals surface area (Å²) >= 11 is 14.8. The van der Waals surface area contributed by atoms with Gasteiger partial charge in [0.1, 0.15) is 17.3 Å². The minimum atomic E-state index is -0.312. The first-order chi connectivity index (χ1) is 8.56. The van der Waals surface area contributed by atoms with Crippen molar-refractivity contribution in [2.45, 2.75) is 0 Å². The topological polar surface area (TPSA) is 54.9 Å². The van der Waals surface area contributed by atoms with E-state index in [0.29, 0.717) is 20.9 Å². The highest BCUT2D eigenvalue weighted by molar-refractivity contribution is 9.10. The fourth-order valence-electron chi connectivity index (χ4n) is 1.26. The molecule has 0 radical (unpaired) electrons. The Morgan fingerprint density at radius 3 is 2.67 bits per heavy atom. The van der Waals surface area contributed by atoms with Crippen molar-refractivity contribution >= 4 is 50.9 Å². The number of nitrogens with zero attached hydrogens (tertiary/aromatic N) is 2. The molecular formula is C11H6BrCl2N3O. The molecule has 1 heterocycles. The third-order valence-corrected chi connectivity index (χ3v) is 3.15. The quantitative estimate of drug-likeness (QED) is 0.841. The number of anilines is 1. The Bertz CT molecular complexity index is 607. The van der Waals surface area contributed by atoms with Crippen LogP contribution in [0.1, 0.15) is 10.4 Å². The Morgan fingerprint density at radius 1 is 1.22 bits per heavy atom. The number of nitrogens with one attached hydrogen (secondary N) is 1. The third kappa shape index (κ3) is 3.19. The monoisotopic (exact) mass is 345 g/mol. The molecule has 4 nitrogen and oxygen atoms in total. The molecule has 2 aromatic rings. The van der Waals surface area contributed by atoms with Crippen molar-refractivity contribution < 1.29 is 4.79 Å². The summed E-state index contributed by atoms with van der Waals surface area (Å²) in [5.41, 5.74) is 0.453. The van der Waals surface area contributed by atoms with E-state index in [1.807, 2.05) is 0 Å². The molecule has 7 heteroatoms. The van der Waals surface area contributed by atoms with Crippen molar-refractivity contribution in [2.75, 3.05) is 5.32 Å². The van der Waals surface area contributed by atoms with E-state index < -0.39 is 0 Å². The van der Waals surface area contributed by atoms with Gasteiger partial charge in [0, 0.05) is 15.6 Å². The molecule has 0 unspecified atom stereocenters. The second kappa shape index (κ2) is 5.65. The molecule has 2 rings (SSSR count). The van der Waals surface area contributed by atoms with Gasteiger partial charge in [0.2, 0.25) is 0 Å². The van der Waals surface area contributed by atoms with Gasteiger partial charge in [-0.15, -0.1) is 0 Å². The highest BCUT2D eigenvalue weighted by atomic mass is 79.9. The van der Waals surface area contributed by atoms with Crippen LogP contribution in [0.3, 0.4) is 0 Å². The second-order valence-electron chi connectivity index (χ2n) is 3.30. The molecule has 0 fully saturated rings. The van der Waals surface area contributed by atoms with E-state index in [2.05, 4.69) is 31.2 Å². The summed E-state index contributed by atoms with van der Waals surface area (Å²) in [5.74, 6) is 0.0233. The van der Waals surface area contributed by atoms with E-state index in [-0.39, 0.29) is 11.1 Å². The van der Waals surface area contributed by atoms with Crippen LogP contribution in [0.4, 0.5) is 5.82 Å². The molecule has 1 aromatic heterocycles. The minimum absolute atomic E-state index is 0.260. The molecule has 0 spiro atoms. The van der Waals surface area contributed by atoms with Gasteiger partial charge >= 0.3 is 0 Å². The van der Waals surface area contributed by atoms with Crippen molar-refractivity contribution in [3.63, 3.8) is 0 Å². The zero-order valence-corrected chi connectivity index (χ0v) is 11.9. The lowest BCUT2D eigenvalue weighted by atomic mass is 10.2. The smallest absolute Gasteiger partial charge is 0.257 e. The zero-order chi connectivity index (χ0) is 13.1. The highest BCUT2D eigenvalue weighted by Gasteiger charge is 2.11. The Hall–Kier alpha value is -1.17. The average molecular weight is 347 g/mol. The van der Waals surface area contributed by atoms with Gasteiger partial charge in [0.25, 0.3) is 5.91 Å². The minimum Gasteiger partial charge on any atom is -0.306 e. The summed E-state index contributed by atoms with van der Waals surface area (Å²) in [4.78, 5) is 19.6.